The Bertz CT molecular complexity index is 513. The second-order valence-electron chi connectivity index (χ2n) is 7.26. The smallest absolute Gasteiger partial charge is 0.326 e. The fraction of sp³-hybridized carbons (Fsp3) is 0.667. The molecular formula is C21H35NO4. The molecule has 0 saturated carbocycles. The van der Waals surface area contributed by atoms with Crippen LogP contribution in [0.3, 0.4) is 0 Å². The summed E-state index contributed by atoms with van der Waals surface area (Å²) in [5, 5.41) is 18.9. The number of unbranched alkanes of at least 4 members (excludes halogenated alkanes) is 5. The van der Waals surface area contributed by atoms with E-state index in [1.807, 2.05) is 12.1 Å². The normalized spacial score (nSPS) is 14.6. The van der Waals surface area contributed by atoms with Crippen molar-refractivity contribution in [2.45, 2.75) is 83.3 Å². The molecular weight excluding hydrogens is 330 g/mol. The van der Waals surface area contributed by atoms with Crippen molar-refractivity contribution in [1.29, 1.82) is 0 Å². The van der Waals surface area contributed by atoms with Crippen LogP contribution in [0, 0.1) is 0 Å². The molecule has 0 aliphatic heterocycles. The van der Waals surface area contributed by atoms with Gasteiger partial charge in [0.15, 0.2) is 0 Å². The van der Waals surface area contributed by atoms with Crippen LogP contribution in [0.5, 0.6) is 5.75 Å². The molecule has 5 nitrogen and oxygen atoms in total. The number of aliphatic carboxylic acids is 1. The Hall–Kier alpha value is -1.59. The van der Waals surface area contributed by atoms with Crippen molar-refractivity contribution in [3.63, 3.8) is 0 Å². The first kappa shape index (κ1) is 22.5. The molecule has 0 saturated heterocycles. The van der Waals surface area contributed by atoms with Crippen molar-refractivity contribution >= 4 is 5.97 Å². The molecule has 2 atom stereocenters. The maximum atomic E-state index is 11.0. The van der Waals surface area contributed by atoms with E-state index in [0.717, 1.165) is 38.0 Å². The second-order valence-corrected chi connectivity index (χ2v) is 7.26. The molecule has 26 heavy (non-hydrogen) atoms. The Morgan fingerprint density at radius 2 is 1.77 bits per heavy atom. The van der Waals surface area contributed by atoms with Crippen LogP contribution in [0.1, 0.15) is 70.8 Å². The van der Waals surface area contributed by atoms with E-state index >= 15 is 0 Å². The highest BCUT2D eigenvalue weighted by molar-refractivity contribution is 5.78. The van der Waals surface area contributed by atoms with Gasteiger partial charge in [-0.25, -0.2) is 0 Å². The van der Waals surface area contributed by atoms with Crippen molar-refractivity contribution in [3.8, 4) is 5.75 Å². The van der Waals surface area contributed by atoms with E-state index < -0.39 is 17.6 Å². The standard InChI is InChI=1S/C21H35NO4/c1-3-4-5-6-9-16-26-18-14-12-17(13-15-18)10-7-8-11-19(23)21(2,22)20(24)25/h12-15,19,23H,3-11,16,22H2,1-2H3,(H,24,25). The zero-order valence-electron chi connectivity index (χ0n) is 16.2. The molecule has 0 spiro atoms. The Morgan fingerprint density at radius 3 is 2.38 bits per heavy atom. The van der Waals surface area contributed by atoms with Crippen molar-refractivity contribution in [3.05, 3.63) is 29.8 Å². The number of aryl methyl sites for hydroxylation is 1. The molecule has 0 bridgehead atoms. The first-order valence-corrected chi connectivity index (χ1v) is 9.80. The molecule has 1 rings (SSSR count). The van der Waals surface area contributed by atoms with Crippen LogP contribution < -0.4 is 10.5 Å². The Morgan fingerprint density at radius 1 is 1.12 bits per heavy atom. The summed E-state index contributed by atoms with van der Waals surface area (Å²) in [7, 11) is 0. The number of benzene rings is 1. The molecule has 0 amide bonds. The molecule has 0 aliphatic carbocycles. The average Bonchev–Trinajstić information content (AvgIpc) is 2.62. The average molecular weight is 366 g/mol. The lowest BCUT2D eigenvalue weighted by molar-refractivity contribution is -0.147. The van der Waals surface area contributed by atoms with E-state index in [4.69, 9.17) is 15.6 Å². The molecule has 0 heterocycles. The van der Waals surface area contributed by atoms with Gasteiger partial charge in [-0.3, -0.25) is 4.79 Å². The van der Waals surface area contributed by atoms with Crippen LogP contribution in [-0.4, -0.2) is 34.4 Å². The number of carboxylic acids is 1. The Balaban J connectivity index is 2.21. The van der Waals surface area contributed by atoms with Crippen LogP contribution in [0.15, 0.2) is 24.3 Å². The quantitative estimate of drug-likeness (QED) is 0.435. The lowest BCUT2D eigenvalue weighted by atomic mass is 9.91. The van der Waals surface area contributed by atoms with E-state index in [0.29, 0.717) is 6.42 Å². The Kier molecular flexibility index (Phi) is 10.3. The number of aliphatic hydroxyl groups is 1. The van der Waals surface area contributed by atoms with Crippen LogP contribution in [0.2, 0.25) is 0 Å². The van der Waals surface area contributed by atoms with Crippen molar-refractivity contribution in [2.24, 2.45) is 5.73 Å². The van der Waals surface area contributed by atoms with Gasteiger partial charge in [0.25, 0.3) is 0 Å². The SMILES string of the molecule is CCCCCCCOc1ccc(CCCCC(O)C(C)(N)C(=O)O)cc1. The second kappa shape index (κ2) is 11.9. The van der Waals surface area contributed by atoms with Crippen molar-refractivity contribution < 1.29 is 19.7 Å². The number of carbonyl (C=O) groups is 1. The minimum absolute atomic E-state index is 0.387. The number of hydrogen-bond acceptors (Lipinski definition) is 4. The fourth-order valence-corrected chi connectivity index (χ4v) is 2.76. The fourth-order valence-electron chi connectivity index (χ4n) is 2.76. The number of aliphatic hydroxyl groups excluding tert-OH is 1. The zero-order chi connectivity index (χ0) is 19.4. The summed E-state index contributed by atoms with van der Waals surface area (Å²) < 4.78 is 5.76. The molecule has 1 aromatic rings. The molecule has 0 aliphatic rings. The first-order chi connectivity index (χ1) is 12.4. The van der Waals surface area contributed by atoms with Gasteiger partial charge in [0.05, 0.1) is 12.7 Å². The third-order valence-electron chi connectivity index (χ3n) is 4.79. The lowest BCUT2D eigenvalue weighted by Crippen LogP contribution is -2.54. The predicted molar refractivity (Wildman–Crippen MR) is 104 cm³/mol. The zero-order valence-corrected chi connectivity index (χ0v) is 16.2. The molecule has 0 radical (unpaired) electrons. The van der Waals surface area contributed by atoms with Crippen molar-refractivity contribution in [2.75, 3.05) is 6.61 Å². The summed E-state index contributed by atoms with van der Waals surface area (Å²) >= 11 is 0. The van der Waals surface area contributed by atoms with Gasteiger partial charge in [0.1, 0.15) is 11.3 Å². The van der Waals surface area contributed by atoms with Gasteiger partial charge in [-0.1, -0.05) is 51.2 Å². The van der Waals surface area contributed by atoms with E-state index in [1.54, 1.807) is 0 Å². The number of nitrogens with two attached hydrogens (primary N) is 1. The van der Waals surface area contributed by atoms with Gasteiger partial charge in [0, 0.05) is 0 Å². The van der Waals surface area contributed by atoms with Crippen LogP contribution in [-0.2, 0) is 11.2 Å². The number of carboxylic acid groups (broad SMARTS) is 1. The maximum absolute atomic E-state index is 11.0. The first-order valence-electron chi connectivity index (χ1n) is 9.80. The van der Waals surface area contributed by atoms with E-state index in [1.165, 1.54) is 38.2 Å². The van der Waals surface area contributed by atoms with Crippen LogP contribution in [0.4, 0.5) is 0 Å². The molecule has 0 fully saturated rings. The predicted octanol–water partition coefficient (Wildman–Crippen LogP) is 3.91. The molecule has 2 unspecified atom stereocenters. The van der Waals surface area contributed by atoms with Gasteiger partial charge in [0.2, 0.25) is 0 Å². The van der Waals surface area contributed by atoms with Gasteiger partial charge < -0.3 is 20.7 Å². The summed E-state index contributed by atoms with van der Waals surface area (Å²) in [5.41, 5.74) is 5.25. The van der Waals surface area contributed by atoms with E-state index in [9.17, 15) is 9.90 Å². The summed E-state index contributed by atoms with van der Waals surface area (Å²) in [6.07, 6.45) is 8.01. The molecule has 5 heteroatoms. The highest BCUT2D eigenvalue weighted by atomic mass is 16.5. The summed E-state index contributed by atoms with van der Waals surface area (Å²) in [5.74, 6) is -0.272. The molecule has 148 valence electrons. The number of hydrogen-bond donors (Lipinski definition) is 3. The van der Waals surface area contributed by atoms with Crippen LogP contribution in [0.25, 0.3) is 0 Å². The van der Waals surface area contributed by atoms with Crippen LogP contribution >= 0.6 is 0 Å². The number of rotatable bonds is 14. The summed E-state index contributed by atoms with van der Waals surface area (Å²) in [6.45, 7) is 4.33. The molecule has 1 aromatic carbocycles. The minimum atomic E-state index is -1.59. The van der Waals surface area contributed by atoms with Gasteiger partial charge >= 0.3 is 5.97 Å². The topological polar surface area (TPSA) is 92.8 Å². The van der Waals surface area contributed by atoms with Crippen molar-refractivity contribution in [1.82, 2.24) is 0 Å². The third-order valence-corrected chi connectivity index (χ3v) is 4.79. The summed E-state index contributed by atoms with van der Waals surface area (Å²) in [6, 6.07) is 8.12. The maximum Gasteiger partial charge on any atom is 0.326 e. The lowest BCUT2D eigenvalue weighted by Gasteiger charge is -2.25. The highest BCUT2D eigenvalue weighted by Gasteiger charge is 2.35. The van der Waals surface area contributed by atoms with Gasteiger partial charge in [-0.15, -0.1) is 0 Å². The number of ether oxygens (including phenoxy) is 1. The monoisotopic (exact) mass is 365 g/mol. The van der Waals surface area contributed by atoms with Gasteiger partial charge in [-0.2, -0.15) is 0 Å². The highest BCUT2D eigenvalue weighted by Crippen LogP contribution is 2.17. The van der Waals surface area contributed by atoms with E-state index in [2.05, 4.69) is 19.1 Å². The summed E-state index contributed by atoms with van der Waals surface area (Å²) in [4.78, 5) is 11.0. The Labute approximate surface area is 157 Å². The third kappa shape index (κ3) is 8.19. The largest absolute Gasteiger partial charge is 0.494 e. The minimum Gasteiger partial charge on any atom is -0.494 e. The van der Waals surface area contributed by atoms with Gasteiger partial charge in [-0.05, 0) is 50.3 Å². The van der Waals surface area contributed by atoms with E-state index in [-0.39, 0.29) is 0 Å². The molecule has 4 N–H and O–H groups in total. The molecule has 0 aromatic heterocycles.